The zero-order valence-corrected chi connectivity index (χ0v) is 29.1. The molecule has 0 aromatic heterocycles. The second-order valence-corrected chi connectivity index (χ2v) is 15.0. The normalized spacial score (nSPS) is 23.5. The summed E-state index contributed by atoms with van der Waals surface area (Å²) in [5, 5.41) is 0. The summed E-state index contributed by atoms with van der Waals surface area (Å²) < 4.78 is 86.2. The molecule has 0 bridgehead atoms. The van der Waals surface area contributed by atoms with Gasteiger partial charge < -0.3 is 27.9 Å². The molecule has 0 N–H and O–H groups in total. The lowest BCUT2D eigenvalue weighted by molar-refractivity contribution is 0.00578. The summed E-state index contributed by atoms with van der Waals surface area (Å²) in [6, 6.07) is 6.50. The summed E-state index contributed by atoms with van der Waals surface area (Å²) in [4.78, 5) is 0. The van der Waals surface area contributed by atoms with Crippen LogP contribution in [-0.4, -0.2) is 54.7 Å². The van der Waals surface area contributed by atoms with Gasteiger partial charge in [-0.1, -0.05) is 15.9 Å². The number of benzene rings is 2. The van der Waals surface area contributed by atoms with Crippen LogP contribution in [0.5, 0.6) is 0 Å². The topological polar surface area (TPSA) is 55.4 Å². The Balaban J connectivity index is 0.000000190. The molecule has 44 heavy (non-hydrogen) atoms. The fraction of sp³-hybridized carbons (Fsp3) is 0.600. The fourth-order valence-electron chi connectivity index (χ4n) is 4.21. The number of hydrogen-bond donors (Lipinski definition) is 0. The van der Waals surface area contributed by atoms with Gasteiger partial charge in [-0.25, -0.2) is 17.6 Å². The molecular formula is C30H42B3BrF4O6. The number of hydrogen-bond acceptors (Lipinski definition) is 6. The highest BCUT2D eigenvalue weighted by Crippen LogP contribution is 2.43. The largest absolute Gasteiger partial charge is 0.495 e. The minimum Gasteiger partial charge on any atom is -0.405 e. The number of halogens is 5. The SMILES string of the molecule is CC1(C)OB(B2OC(C)(C)C(C)(C)O2)OC1(C)C.CC1(C)OB(c2cc(F)cc(F)c2)OC1(C)C.Fc1cc(F)cc(Br)c1. The molecule has 3 fully saturated rings. The lowest BCUT2D eigenvalue weighted by Crippen LogP contribution is -2.41. The van der Waals surface area contributed by atoms with Crippen molar-refractivity contribution in [2.45, 2.75) is 117 Å². The van der Waals surface area contributed by atoms with Gasteiger partial charge in [-0.3, -0.25) is 0 Å². The predicted octanol–water partition coefficient (Wildman–Crippen LogP) is 7.24. The Morgan fingerprint density at radius 2 is 0.682 bits per heavy atom. The van der Waals surface area contributed by atoms with E-state index in [2.05, 4.69) is 15.9 Å². The summed E-state index contributed by atoms with van der Waals surface area (Å²) in [6.07, 6.45) is 0. The Morgan fingerprint density at radius 1 is 0.432 bits per heavy atom. The molecule has 3 heterocycles. The Hall–Kier alpha value is -1.41. The molecule has 0 spiro atoms. The van der Waals surface area contributed by atoms with Gasteiger partial charge in [0.25, 0.3) is 0 Å². The highest BCUT2D eigenvalue weighted by atomic mass is 79.9. The van der Waals surface area contributed by atoms with Crippen LogP contribution >= 0.6 is 15.9 Å². The van der Waals surface area contributed by atoms with Crippen LogP contribution in [-0.2, 0) is 27.9 Å². The van der Waals surface area contributed by atoms with Crippen molar-refractivity contribution in [1.29, 1.82) is 0 Å². The fourth-order valence-corrected chi connectivity index (χ4v) is 4.65. The molecule has 0 radical (unpaired) electrons. The van der Waals surface area contributed by atoms with Crippen molar-refractivity contribution in [3.8, 4) is 0 Å². The van der Waals surface area contributed by atoms with Gasteiger partial charge in [-0.2, -0.15) is 0 Å². The Morgan fingerprint density at radius 3 is 0.955 bits per heavy atom. The maximum Gasteiger partial charge on any atom is 0.495 e. The third-order valence-electron chi connectivity index (χ3n) is 9.00. The van der Waals surface area contributed by atoms with E-state index in [0.29, 0.717) is 9.94 Å². The quantitative estimate of drug-likeness (QED) is 0.245. The molecule has 242 valence electrons. The average Bonchev–Trinajstić information content (AvgIpc) is 3.27. The lowest BCUT2D eigenvalue weighted by atomic mass is 9.49. The summed E-state index contributed by atoms with van der Waals surface area (Å²) in [7, 11) is -1.68. The summed E-state index contributed by atoms with van der Waals surface area (Å²) in [6.45, 7) is 23.8. The second kappa shape index (κ2) is 12.7. The Labute approximate surface area is 268 Å². The minimum absolute atomic E-state index is 0.360. The van der Waals surface area contributed by atoms with Crippen LogP contribution in [0.3, 0.4) is 0 Å². The molecule has 0 aliphatic carbocycles. The van der Waals surface area contributed by atoms with Crippen molar-refractivity contribution in [1.82, 2.24) is 0 Å². The zero-order chi connectivity index (χ0) is 33.7. The van der Waals surface area contributed by atoms with Gasteiger partial charge in [0.15, 0.2) is 0 Å². The molecule has 5 rings (SSSR count). The molecule has 0 saturated carbocycles. The van der Waals surface area contributed by atoms with Gasteiger partial charge >= 0.3 is 21.1 Å². The van der Waals surface area contributed by atoms with E-state index in [1.54, 1.807) is 0 Å². The molecule has 3 aliphatic rings. The third-order valence-corrected chi connectivity index (χ3v) is 9.46. The van der Waals surface area contributed by atoms with Crippen LogP contribution in [0.15, 0.2) is 40.9 Å². The first-order valence-corrected chi connectivity index (χ1v) is 15.2. The van der Waals surface area contributed by atoms with Crippen molar-refractivity contribution in [2.24, 2.45) is 0 Å². The molecule has 3 aliphatic heterocycles. The van der Waals surface area contributed by atoms with Crippen molar-refractivity contribution in [2.75, 3.05) is 0 Å². The minimum atomic E-state index is -0.731. The second-order valence-electron chi connectivity index (χ2n) is 14.1. The maximum atomic E-state index is 13.1. The van der Waals surface area contributed by atoms with Gasteiger partial charge in [0, 0.05) is 16.6 Å². The number of rotatable bonds is 2. The first kappa shape index (κ1) is 37.1. The van der Waals surface area contributed by atoms with E-state index in [-0.39, 0.29) is 22.4 Å². The van der Waals surface area contributed by atoms with E-state index < -0.39 is 55.6 Å². The zero-order valence-electron chi connectivity index (χ0n) is 27.5. The van der Waals surface area contributed by atoms with Gasteiger partial charge in [0.1, 0.15) is 23.3 Å². The molecular weight excluding hydrogens is 645 g/mol. The average molecular weight is 687 g/mol. The van der Waals surface area contributed by atoms with Crippen molar-refractivity contribution in [3.63, 3.8) is 0 Å². The first-order valence-electron chi connectivity index (χ1n) is 14.4. The molecule has 0 atom stereocenters. The standard InChI is InChI=1S/C12H24B2O4.C12H15BF2O2.C6H3BrF2/c1-9(2)10(3,4)16-13(15-9)14-17-11(5,6)12(7,8)18-14;1-11(2)12(3,4)17-13(16-11)8-5-9(14)7-10(15)6-8;7-4-1-5(8)3-6(9)2-4/h1-8H3;5-7H,1-4H3;1-3H. The molecule has 2 aromatic rings. The predicted molar refractivity (Wildman–Crippen MR) is 168 cm³/mol. The van der Waals surface area contributed by atoms with E-state index in [9.17, 15) is 17.6 Å². The molecule has 0 unspecified atom stereocenters. The molecule has 3 saturated heterocycles. The van der Waals surface area contributed by atoms with E-state index in [4.69, 9.17) is 27.9 Å². The molecule has 6 nitrogen and oxygen atoms in total. The summed E-state index contributed by atoms with van der Waals surface area (Å²) >= 11 is 2.93. The van der Waals surface area contributed by atoms with E-state index >= 15 is 0 Å². The van der Waals surface area contributed by atoms with E-state index in [0.717, 1.165) is 12.1 Å². The van der Waals surface area contributed by atoms with Crippen LogP contribution < -0.4 is 5.46 Å². The van der Waals surface area contributed by atoms with Gasteiger partial charge in [-0.15, -0.1) is 0 Å². The van der Waals surface area contributed by atoms with E-state index in [1.165, 1.54) is 24.3 Å². The lowest BCUT2D eigenvalue weighted by Gasteiger charge is -2.32. The first-order chi connectivity index (χ1) is 19.8. The van der Waals surface area contributed by atoms with Crippen LogP contribution in [0.2, 0.25) is 0 Å². The summed E-state index contributed by atoms with van der Waals surface area (Å²) in [5.74, 6) is -2.40. The van der Waals surface area contributed by atoms with Gasteiger partial charge in [0.05, 0.1) is 33.6 Å². The smallest absolute Gasteiger partial charge is 0.405 e. The Kier molecular flexibility index (Phi) is 10.7. The molecule has 14 heteroatoms. The van der Waals surface area contributed by atoms with Crippen LogP contribution in [0.25, 0.3) is 0 Å². The van der Waals surface area contributed by atoms with Crippen molar-refractivity contribution >= 4 is 42.5 Å². The Bertz CT molecular complexity index is 1190. The van der Waals surface area contributed by atoms with Crippen LogP contribution in [0.4, 0.5) is 17.6 Å². The van der Waals surface area contributed by atoms with Crippen LogP contribution in [0.1, 0.15) is 83.1 Å². The highest BCUT2D eigenvalue weighted by molar-refractivity contribution is 9.10. The van der Waals surface area contributed by atoms with Crippen molar-refractivity contribution < 1.29 is 45.5 Å². The summed E-state index contributed by atoms with van der Waals surface area (Å²) in [5.41, 5.74) is -2.10. The maximum absolute atomic E-state index is 13.1. The van der Waals surface area contributed by atoms with Gasteiger partial charge in [-0.05, 0) is 113 Å². The van der Waals surface area contributed by atoms with Crippen molar-refractivity contribution in [3.05, 3.63) is 64.1 Å². The van der Waals surface area contributed by atoms with Crippen LogP contribution in [0, 0.1) is 23.3 Å². The highest BCUT2D eigenvalue weighted by Gasteiger charge is 2.63. The van der Waals surface area contributed by atoms with E-state index in [1.807, 2.05) is 83.1 Å². The third kappa shape index (κ3) is 8.29. The molecule has 0 amide bonds. The van der Waals surface area contributed by atoms with Gasteiger partial charge in [0.2, 0.25) is 0 Å². The monoisotopic (exact) mass is 686 g/mol. The molecule has 2 aromatic carbocycles.